The van der Waals surface area contributed by atoms with Crippen molar-refractivity contribution in [2.45, 2.75) is 6.92 Å². The van der Waals surface area contributed by atoms with Crippen LogP contribution in [0.15, 0.2) is 62.5 Å². The lowest BCUT2D eigenvalue weighted by atomic mass is 10.2. The van der Waals surface area contributed by atoms with Gasteiger partial charge in [0, 0.05) is 42.2 Å². The largest absolute Gasteiger partial charge is 0.472 e. The van der Waals surface area contributed by atoms with Crippen molar-refractivity contribution in [1.82, 2.24) is 19.9 Å². The van der Waals surface area contributed by atoms with Crippen molar-refractivity contribution >= 4 is 28.8 Å². The molecule has 0 atom stereocenters. The average molecular weight is 472 g/mol. The van der Waals surface area contributed by atoms with Gasteiger partial charge in [-0.25, -0.2) is 9.97 Å². The van der Waals surface area contributed by atoms with E-state index in [9.17, 15) is 4.79 Å². The van der Waals surface area contributed by atoms with E-state index in [1.54, 1.807) is 30.7 Å². The van der Waals surface area contributed by atoms with Crippen molar-refractivity contribution in [3.05, 3.63) is 60.6 Å². The summed E-state index contributed by atoms with van der Waals surface area (Å²) in [6, 6.07) is 7.52. The van der Waals surface area contributed by atoms with E-state index >= 15 is 0 Å². The minimum atomic E-state index is -0.454. The fraction of sp³-hybridized carbons (Fsp3) is 0.208. The first-order chi connectivity index (χ1) is 17.1. The lowest BCUT2D eigenvalue weighted by molar-refractivity contribution is 0.102. The van der Waals surface area contributed by atoms with Crippen LogP contribution < -0.4 is 10.2 Å². The van der Waals surface area contributed by atoms with Crippen LogP contribution in [0.1, 0.15) is 16.2 Å². The average Bonchev–Trinajstić information content (AvgIpc) is 3.65. The molecule has 1 amide bonds. The molecule has 0 radical (unpaired) electrons. The molecule has 0 spiro atoms. The van der Waals surface area contributed by atoms with Crippen LogP contribution >= 0.6 is 0 Å². The molecule has 0 aliphatic carbocycles. The molecule has 0 saturated carbocycles. The van der Waals surface area contributed by atoms with Crippen LogP contribution in [0, 0.1) is 6.92 Å². The number of morpholine rings is 1. The van der Waals surface area contributed by atoms with Crippen LogP contribution in [0.4, 0.5) is 11.7 Å². The molecule has 11 nitrogen and oxygen atoms in total. The zero-order valence-electron chi connectivity index (χ0n) is 18.7. The Morgan fingerprint density at radius 3 is 2.74 bits per heavy atom. The summed E-state index contributed by atoms with van der Waals surface area (Å²) >= 11 is 0. The van der Waals surface area contributed by atoms with Gasteiger partial charge in [-0.15, -0.1) is 0 Å². The summed E-state index contributed by atoms with van der Waals surface area (Å²) in [4.78, 5) is 32.8. The van der Waals surface area contributed by atoms with Gasteiger partial charge in [-0.2, -0.15) is 4.98 Å². The van der Waals surface area contributed by atoms with E-state index in [0.717, 1.165) is 11.3 Å². The predicted molar refractivity (Wildman–Crippen MR) is 125 cm³/mol. The van der Waals surface area contributed by atoms with Gasteiger partial charge >= 0.3 is 0 Å². The number of pyridine rings is 2. The zero-order valence-corrected chi connectivity index (χ0v) is 18.7. The Balaban J connectivity index is 1.33. The van der Waals surface area contributed by atoms with Crippen LogP contribution in [0.5, 0.6) is 0 Å². The molecule has 5 aromatic heterocycles. The quantitative estimate of drug-likeness (QED) is 0.401. The third-order valence-corrected chi connectivity index (χ3v) is 5.58. The summed E-state index contributed by atoms with van der Waals surface area (Å²) < 4.78 is 22.1. The third-order valence-electron chi connectivity index (χ3n) is 5.58. The molecule has 6 heterocycles. The van der Waals surface area contributed by atoms with Gasteiger partial charge in [-0.05, 0) is 25.1 Å². The molecule has 0 bridgehead atoms. The first-order valence-corrected chi connectivity index (χ1v) is 11.0. The topological polar surface area (TPSA) is 133 Å². The molecule has 6 rings (SSSR count). The monoisotopic (exact) mass is 472 g/mol. The van der Waals surface area contributed by atoms with E-state index in [1.807, 2.05) is 17.9 Å². The number of nitrogens with one attached hydrogen (secondary N) is 1. The number of carbonyl (C=O) groups excluding carboxylic acids is 1. The van der Waals surface area contributed by atoms with E-state index in [-0.39, 0.29) is 5.69 Å². The number of hydrogen-bond donors (Lipinski definition) is 1. The van der Waals surface area contributed by atoms with Crippen LogP contribution in [0.2, 0.25) is 0 Å². The van der Waals surface area contributed by atoms with Gasteiger partial charge in [0.2, 0.25) is 11.5 Å². The first kappa shape index (κ1) is 21.1. The minimum Gasteiger partial charge on any atom is -0.472 e. The Bertz CT molecular complexity index is 1500. The SMILES string of the molecule is Cc1cc(-c2nc(C(=O)Nc3cc4oc(N5CCOCC5)nc4nc3-c3ccoc3)co2)ccn1. The lowest BCUT2D eigenvalue weighted by Gasteiger charge is -2.24. The van der Waals surface area contributed by atoms with Gasteiger partial charge in [0.05, 0.1) is 37.1 Å². The fourth-order valence-electron chi connectivity index (χ4n) is 3.83. The Hall–Kier alpha value is -4.51. The fourth-order valence-corrected chi connectivity index (χ4v) is 3.83. The Morgan fingerprint density at radius 1 is 1.06 bits per heavy atom. The highest BCUT2D eigenvalue weighted by molar-refractivity contribution is 6.05. The number of aromatic nitrogens is 4. The number of anilines is 2. The third kappa shape index (κ3) is 4.13. The molecule has 35 heavy (non-hydrogen) atoms. The van der Waals surface area contributed by atoms with Crippen LogP contribution in [-0.4, -0.2) is 52.1 Å². The molecule has 11 heteroatoms. The standard InChI is InChI=1S/C24H20N6O5/c1-14-10-15(2-4-25-14)23-27-18(13-34-23)22(31)26-17-11-19-21(28-20(17)16-3-7-33-12-16)29-24(35-19)30-5-8-32-9-6-30/h2-4,7,10-13H,5-6,8-9H2,1H3,(H,26,31). The second-order valence-electron chi connectivity index (χ2n) is 7.99. The smallest absolute Gasteiger partial charge is 0.300 e. The van der Waals surface area contributed by atoms with Crippen molar-refractivity contribution in [2.24, 2.45) is 0 Å². The molecular formula is C24H20N6O5. The summed E-state index contributed by atoms with van der Waals surface area (Å²) in [6.45, 7) is 4.43. The van der Waals surface area contributed by atoms with E-state index in [1.165, 1.54) is 12.5 Å². The number of nitrogens with zero attached hydrogens (tertiary/aromatic N) is 5. The van der Waals surface area contributed by atoms with Gasteiger partial charge in [-0.3, -0.25) is 9.78 Å². The number of rotatable bonds is 5. The van der Waals surface area contributed by atoms with Gasteiger partial charge in [0.25, 0.3) is 11.9 Å². The molecule has 1 aliphatic heterocycles. The molecular weight excluding hydrogens is 452 g/mol. The van der Waals surface area contributed by atoms with Crippen LogP contribution in [0.25, 0.3) is 33.9 Å². The van der Waals surface area contributed by atoms with Crippen molar-refractivity contribution in [3.63, 3.8) is 0 Å². The maximum atomic E-state index is 13.1. The molecule has 0 aromatic carbocycles. The van der Waals surface area contributed by atoms with Crippen molar-refractivity contribution in [2.75, 3.05) is 36.5 Å². The second-order valence-corrected chi connectivity index (χ2v) is 7.99. The van der Waals surface area contributed by atoms with Crippen molar-refractivity contribution in [3.8, 4) is 22.7 Å². The number of aryl methyl sites for hydroxylation is 1. The van der Waals surface area contributed by atoms with Crippen LogP contribution in [0.3, 0.4) is 0 Å². The Kier molecular flexibility index (Phi) is 5.23. The number of fused-ring (bicyclic) bond motifs is 1. The summed E-state index contributed by atoms with van der Waals surface area (Å²) in [6.07, 6.45) is 6.06. The molecule has 5 aromatic rings. The van der Waals surface area contributed by atoms with E-state index in [0.29, 0.717) is 66.4 Å². The summed E-state index contributed by atoms with van der Waals surface area (Å²) in [7, 11) is 0. The molecule has 1 N–H and O–H groups in total. The number of amides is 1. The number of ether oxygens (including phenoxy) is 1. The van der Waals surface area contributed by atoms with Gasteiger partial charge in [0.1, 0.15) is 6.26 Å². The highest BCUT2D eigenvalue weighted by Crippen LogP contribution is 2.32. The Labute approximate surface area is 198 Å². The Morgan fingerprint density at radius 2 is 1.94 bits per heavy atom. The van der Waals surface area contributed by atoms with Crippen LogP contribution in [-0.2, 0) is 4.74 Å². The molecule has 1 fully saturated rings. The zero-order chi connectivity index (χ0) is 23.8. The van der Waals surface area contributed by atoms with E-state index in [4.69, 9.17) is 18.0 Å². The minimum absolute atomic E-state index is 0.124. The van der Waals surface area contributed by atoms with E-state index in [2.05, 4.69) is 25.3 Å². The molecule has 1 saturated heterocycles. The maximum Gasteiger partial charge on any atom is 0.300 e. The van der Waals surface area contributed by atoms with Crippen molar-refractivity contribution in [1.29, 1.82) is 0 Å². The molecule has 176 valence electrons. The van der Waals surface area contributed by atoms with Crippen molar-refractivity contribution < 1.29 is 22.8 Å². The van der Waals surface area contributed by atoms with E-state index < -0.39 is 5.91 Å². The summed E-state index contributed by atoms with van der Waals surface area (Å²) in [5.74, 6) is -0.126. The van der Waals surface area contributed by atoms with Gasteiger partial charge < -0.3 is 28.2 Å². The first-order valence-electron chi connectivity index (χ1n) is 11.0. The predicted octanol–water partition coefficient (Wildman–Crippen LogP) is 3.93. The number of oxazole rings is 2. The second kappa shape index (κ2) is 8.69. The normalized spacial score (nSPS) is 13.9. The number of hydrogen-bond acceptors (Lipinski definition) is 10. The highest BCUT2D eigenvalue weighted by Gasteiger charge is 2.22. The number of carbonyl (C=O) groups is 1. The molecule has 0 unspecified atom stereocenters. The number of furan rings is 1. The highest BCUT2D eigenvalue weighted by atomic mass is 16.5. The van der Waals surface area contributed by atoms with Gasteiger partial charge in [-0.1, -0.05) is 0 Å². The summed E-state index contributed by atoms with van der Waals surface area (Å²) in [5.41, 5.74) is 4.16. The van der Waals surface area contributed by atoms with Gasteiger partial charge in [0.15, 0.2) is 11.3 Å². The molecule has 1 aliphatic rings. The summed E-state index contributed by atoms with van der Waals surface area (Å²) in [5, 5.41) is 2.87. The maximum absolute atomic E-state index is 13.1. The lowest BCUT2D eigenvalue weighted by Crippen LogP contribution is -2.36.